The minimum absolute atomic E-state index is 0.224. The van der Waals surface area contributed by atoms with Crippen molar-refractivity contribution < 1.29 is 4.79 Å². The molecule has 0 aromatic carbocycles. The molecule has 1 N–H and O–H groups in total. The largest absolute Gasteiger partial charge is 0.357 e. The molecule has 0 aliphatic heterocycles. The van der Waals surface area contributed by atoms with Crippen molar-refractivity contribution in [3.63, 3.8) is 0 Å². The number of anilines is 1. The number of hydrogen-bond acceptors (Lipinski definition) is 5. The van der Waals surface area contributed by atoms with Crippen LogP contribution in [0.3, 0.4) is 0 Å². The predicted molar refractivity (Wildman–Crippen MR) is 69.1 cm³/mol. The molecular weight excluding hydrogens is 281 g/mol. The monoisotopic (exact) mass is 287 g/mol. The van der Waals surface area contributed by atoms with E-state index in [0.29, 0.717) is 28.0 Å². The summed E-state index contributed by atoms with van der Waals surface area (Å²) in [5, 5.41) is 4.34. The van der Waals surface area contributed by atoms with Gasteiger partial charge in [0.1, 0.15) is 10.0 Å². The molecule has 2 heterocycles. The highest BCUT2D eigenvalue weighted by Crippen LogP contribution is 2.25. The fraction of sp³-hybridized carbons (Fsp3) is 0.100. The maximum Gasteiger partial charge on any atom is 0.185 e. The van der Waals surface area contributed by atoms with E-state index in [9.17, 15) is 4.79 Å². The van der Waals surface area contributed by atoms with Gasteiger partial charge in [0.05, 0.1) is 0 Å². The Balaban J connectivity index is 2.02. The minimum Gasteiger partial charge on any atom is -0.357 e. The Bertz CT molecular complexity index is 527. The molecule has 0 amide bonds. The van der Waals surface area contributed by atoms with Crippen molar-refractivity contribution >= 4 is 46.0 Å². The lowest BCUT2D eigenvalue weighted by atomic mass is 10.3. The van der Waals surface area contributed by atoms with E-state index < -0.39 is 0 Å². The smallest absolute Gasteiger partial charge is 0.185 e. The maximum absolute atomic E-state index is 10.6. The number of aldehydes is 1. The van der Waals surface area contributed by atoms with Crippen LogP contribution in [0.15, 0.2) is 18.3 Å². The van der Waals surface area contributed by atoms with Crippen molar-refractivity contribution in [1.29, 1.82) is 0 Å². The van der Waals surface area contributed by atoms with Gasteiger partial charge in [-0.15, -0.1) is 0 Å². The number of thiazole rings is 1. The molecule has 0 saturated carbocycles. The molecule has 0 aliphatic rings. The molecule has 0 saturated heterocycles. The summed E-state index contributed by atoms with van der Waals surface area (Å²) in [6, 6.07) is 3.57. The van der Waals surface area contributed by atoms with Gasteiger partial charge in [-0.1, -0.05) is 40.6 Å². The van der Waals surface area contributed by atoms with Crippen molar-refractivity contribution in [3.05, 3.63) is 39.1 Å². The molecule has 0 bridgehead atoms. The third-order valence-corrected chi connectivity index (χ3v) is 3.51. The molecule has 0 aliphatic carbocycles. The Hall–Kier alpha value is -1.17. The number of aromatic nitrogens is 2. The number of nitrogens with one attached hydrogen (secondary N) is 1. The van der Waals surface area contributed by atoms with Crippen molar-refractivity contribution in [3.8, 4) is 0 Å². The van der Waals surface area contributed by atoms with Gasteiger partial charge < -0.3 is 5.32 Å². The van der Waals surface area contributed by atoms with Gasteiger partial charge in [-0.2, -0.15) is 0 Å². The molecule has 0 spiro atoms. The summed E-state index contributed by atoms with van der Waals surface area (Å²) in [7, 11) is 0. The third kappa shape index (κ3) is 3.15. The first kappa shape index (κ1) is 12.3. The summed E-state index contributed by atoms with van der Waals surface area (Å²) >= 11 is 12.6. The SMILES string of the molecule is O=Cc1sc(NCc2ccc(Cl)nc2)nc1Cl. The van der Waals surface area contributed by atoms with Crippen molar-refractivity contribution in [1.82, 2.24) is 9.97 Å². The summed E-state index contributed by atoms with van der Waals surface area (Å²) in [6.07, 6.45) is 2.36. The average molecular weight is 288 g/mol. The van der Waals surface area contributed by atoms with Gasteiger partial charge in [-0.05, 0) is 11.6 Å². The molecule has 0 fully saturated rings. The maximum atomic E-state index is 10.6. The number of hydrogen-bond donors (Lipinski definition) is 1. The van der Waals surface area contributed by atoms with Crippen LogP contribution in [-0.2, 0) is 6.54 Å². The first-order valence-corrected chi connectivity index (χ1v) is 6.22. The zero-order valence-electron chi connectivity index (χ0n) is 8.48. The summed E-state index contributed by atoms with van der Waals surface area (Å²) < 4.78 is 0. The number of carbonyl (C=O) groups is 1. The fourth-order valence-corrected chi connectivity index (χ4v) is 2.22. The van der Waals surface area contributed by atoms with Crippen LogP contribution < -0.4 is 5.32 Å². The van der Waals surface area contributed by atoms with Crippen molar-refractivity contribution in [2.24, 2.45) is 0 Å². The van der Waals surface area contributed by atoms with Gasteiger partial charge in [0.2, 0.25) is 0 Å². The number of pyridine rings is 1. The van der Waals surface area contributed by atoms with Gasteiger partial charge in [-0.3, -0.25) is 4.79 Å². The van der Waals surface area contributed by atoms with Gasteiger partial charge in [0.25, 0.3) is 0 Å². The summed E-state index contributed by atoms with van der Waals surface area (Å²) in [5.74, 6) is 0. The standard InChI is InChI=1S/C10H7Cl2N3OS/c11-8-2-1-6(3-13-8)4-14-10-15-9(12)7(5-16)17-10/h1-3,5H,4H2,(H,14,15). The third-order valence-electron chi connectivity index (χ3n) is 1.95. The highest BCUT2D eigenvalue weighted by atomic mass is 35.5. The normalized spacial score (nSPS) is 10.2. The number of halogens is 2. The van der Waals surface area contributed by atoms with Gasteiger partial charge >= 0.3 is 0 Å². The second-order valence-electron chi connectivity index (χ2n) is 3.13. The molecule has 7 heteroatoms. The molecular formula is C10H7Cl2N3OS. The summed E-state index contributed by atoms with van der Waals surface area (Å²) in [4.78, 5) is 19.0. The predicted octanol–water partition coefficient (Wildman–Crippen LogP) is 3.27. The highest BCUT2D eigenvalue weighted by molar-refractivity contribution is 7.17. The molecule has 17 heavy (non-hydrogen) atoms. The first-order valence-electron chi connectivity index (χ1n) is 4.65. The second-order valence-corrected chi connectivity index (χ2v) is 4.91. The average Bonchev–Trinajstić information content (AvgIpc) is 2.69. The first-order chi connectivity index (χ1) is 8.19. The van der Waals surface area contributed by atoms with Crippen LogP contribution in [0.1, 0.15) is 15.2 Å². The van der Waals surface area contributed by atoms with Crippen molar-refractivity contribution in [2.75, 3.05) is 5.32 Å². The Morgan fingerprint density at radius 2 is 2.24 bits per heavy atom. The molecule has 0 radical (unpaired) electrons. The lowest BCUT2D eigenvalue weighted by molar-refractivity contribution is 0.112. The number of carbonyl (C=O) groups excluding carboxylic acids is 1. The lowest BCUT2D eigenvalue weighted by Gasteiger charge is -2.01. The van der Waals surface area contributed by atoms with E-state index in [1.165, 1.54) is 11.3 Å². The second kappa shape index (κ2) is 5.44. The van der Waals surface area contributed by atoms with Gasteiger partial charge in [0.15, 0.2) is 16.6 Å². The Morgan fingerprint density at radius 1 is 1.41 bits per heavy atom. The Labute approximate surface area is 112 Å². The van der Waals surface area contributed by atoms with Gasteiger partial charge in [-0.25, -0.2) is 9.97 Å². The summed E-state index contributed by atoms with van der Waals surface area (Å²) in [5.41, 5.74) is 0.966. The lowest BCUT2D eigenvalue weighted by Crippen LogP contribution is -1.99. The Morgan fingerprint density at radius 3 is 2.82 bits per heavy atom. The topological polar surface area (TPSA) is 54.9 Å². The zero-order valence-corrected chi connectivity index (χ0v) is 10.8. The fourth-order valence-electron chi connectivity index (χ4n) is 1.15. The van der Waals surface area contributed by atoms with E-state index in [1.54, 1.807) is 12.3 Å². The molecule has 2 aromatic rings. The van der Waals surface area contributed by atoms with Crippen LogP contribution in [0.2, 0.25) is 10.3 Å². The molecule has 4 nitrogen and oxygen atoms in total. The molecule has 2 aromatic heterocycles. The molecule has 0 unspecified atom stereocenters. The molecule has 0 atom stereocenters. The van der Waals surface area contributed by atoms with E-state index in [4.69, 9.17) is 23.2 Å². The van der Waals surface area contributed by atoms with Crippen LogP contribution in [0, 0.1) is 0 Å². The van der Waals surface area contributed by atoms with Crippen LogP contribution in [0.25, 0.3) is 0 Å². The van der Waals surface area contributed by atoms with Crippen LogP contribution >= 0.6 is 34.5 Å². The minimum atomic E-state index is 0.224. The van der Waals surface area contributed by atoms with Crippen LogP contribution in [0.4, 0.5) is 5.13 Å². The van der Waals surface area contributed by atoms with Crippen LogP contribution in [-0.4, -0.2) is 16.3 Å². The van der Waals surface area contributed by atoms with Gasteiger partial charge in [0, 0.05) is 12.7 Å². The number of nitrogens with zero attached hydrogens (tertiary/aromatic N) is 2. The zero-order chi connectivity index (χ0) is 12.3. The summed E-state index contributed by atoms with van der Waals surface area (Å²) in [6.45, 7) is 0.548. The van der Waals surface area contributed by atoms with E-state index in [2.05, 4.69) is 15.3 Å². The number of rotatable bonds is 4. The van der Waals surface area contributed by atoms with Crippen LogP contribution in [0.5, 0.6) is 0 Å². The Kier molecular flexibility index (Phi) is 3.93. The molecule has 88 valence electrons. The van der Waals surface area contributed by atoms with Crippen molar-refractivity contribution in [2.45, 2.75) is 6.54 Å². The van der Waals surface area contributed by atoms with E-state index in [0.717, 1.165) is 5.56 Å². The molecule has 2 rings (SSSR count). The van der Waals surface area contributed by atoms with E-state index in [-0.39, 0.29) is 5.15 Å². The van der Waals surface area contributed by atoms with E-state index >= 15 is 0 Å². The quantitative estimate of drug-likeness (QED) is 0.693. The highest BCUT2D eigenvalue weighted by Gasteiger charge is 2.07. The van der Waals surface area contributed by atoms with E-state index in [1.807, 2.05) is 6.07 Å².